The Morgan fingerprint density at radius 3 is 2.63 bits per heavy atom. The summed E-state index contributed by atoms with van der Waals surface area (Å²) in [5.74, 6) is 1.97. The first-order valence-electron chi connectivity index (χ1n) is 6.34. The van der Waals surface area contributed by atoms with Crippen molar-refractivity contribution >= 4 is 28.4 Å². The van der Waals surface area contributed by atoms with Crippen molar-refractivity contribution < 1.29 is 0 Å². The van der Waals surface area contributed by atoms with Crippen LogP contribution in [0.5, 0.6) is 0 Å². The lowest BCUT2D eigenvalue weighted by Crippen LogP contribution is -2.06. The average Bonchev–Trinajstić information content (AvgIpc) is 2.87. The minimum absolute atomic E-state index is 0.363. The number of nitrogens with zero attached hydrogens (tertiary/aromatic N) is 4. The summed E-state index contributed by atoms with van der Waals surface area (Å²) in [5.41, 5.74) is 2.02. The molecule has 0 aromatic carbocycles. The van der Waals surface area contributed by atoms with Crippen LogP contribution in [0.1, 0.15) is 32.4 Å². The summed E-state index contributed by atoms with van der Waals surface area (Å²) in [5, 5.41) is 7.41. The van der Waals surface area contributed by atoms with Gasteiger partial charge in [-0.25, -0.2) is 9.97 Å². The molecular weight excluding hydrogens is 353 g/mol. The molecule has 0 radical (unpaired) electrons. The Morgan fingerprint density at radius 2 is 2.11 bits per heavy atom. The third-order valence-corrected chi connectivity index (χ3v) is 3.94. The van der Waals surface area contributed by atoms with Crippen LogP contribution in [0.4, 0.5) is 5.82 Å². The number of aryl methyl sites for hydroxylation is 1. The average molecular weight is 371 g/mol. The molecule has 0 bridgehead atoms. The van der Waals surface area contributed by atoms with Crippen LogP contribution >= 0.6 is 22.6 Å². The van der Waals surface area contributed by atoms with Crippen molar-refractivity contribution in [1.82, 2.24) is 19.7 Å². The first-order chi connectivity index (χ1) is 9.06. The van der Waals surface area contributed by atoms with Gasteiger partial charge in [0.1, 0.15) is 5.82 Å². The molecule has 1 N–H and O–H groups in total. The van der Waals surface area contributed by atoms with Crippen LogP contribution in [0.15, 0.2) is 12.4 Å². The van der Waals surface area contributed by atoms with Gasteiger partial charge in [-0.2, -0.15) is 5.10 Å². The van der Waals surface area contributed by atoms with Crippen molar-refractivity contribution in [2.24, 2.45) is 0 Å². The van der Waals surface area contributed by atoms with Crippen molar-refractivity contribution in [3.63, 3.8) is 0 Å². The third-order valence-electron chi connectivity index (χ3n) is 2.88. The molecule has 5 nitrogen and oxygen atoms in total. The van der Waals surface area contributed by atoms with E-state index in [0.29, 0.717) is 5.92 Å². The smallest absolute Gasteiger partial charge is 0.165 e. The van der Waals surface area contributed by atoms with E-state index in [1.54, 1.807) is 0 Å². The van der Waals surface area contributed by atoms with Gasteiger partial charge in [0.15, 0.2) is 5.82 Å². The van der Waals surface area contributed by atoms with E-state index in [9.17, 15) is 0 Å². The first-order valence-corrected chi connectivity index (χ1v) is 7.42. The molecule has 2 rings (SSSR count). The molecule has 0 amide bonds. The molecule has 0 fully saturated rings. The highest BCUT2D eigenvalue weighted by Gasteiger charge is 2.15. The fraction of sp³-hybridized carbons (Fsp3) is 0.462. The quantitative estimate of drug-likeness (QED) is 0.840. The molecular formula is C13H18IN5. The van der Waals surface area contributed by atoms with Gasteiger partial charge < -0.3 is 5.32 Å². The molecule has 0 unspecified atom stereocenters. The first kappa shape index (κ1) is 14.2. The molecule has 19 heavy (non-hydrogen) atoms. The molecule has 0 aliphatic rings. The molecule has 2 aromatic heterocycles. The minimum atomic E-state index is 0.363. The number of hydrogen-bond acceptors (Lipinski definition) is 4. The number of aromatic nitrogens is 4. The van der Waals surface area contributed by atoms with Crippen LogP contribution in [0.2, 0.25) is 0 Å². The van der Waals surface area contributed by atoms with Crippen molar-refractivity contribution in [1.29, 1.82) is 0 Å². The zero-order valence-corrected chi connectivity index (χ0v) is 13.8. The van der Waals surface area contributed by atoms with Crippen LogP contribution in [-0.4, -0.2) is 26.8 Å². The molecule has 6 heteroatoms. The molecule has 0 saturated carbocycles. The Bertz CT molecular complexity index is 576. The van der Waals surface area contributed by atoms with E-state index in [4.69, 9.17) is 0 Å². The van der Waals surface area contributed by atoms with E-state index in [1.807, 2.05) is 24.1 Å². The highest BCUT2D eigenvalue weighted by atomic mass is 127. The molecule has 2 aromatic rings. The fourth-order valence-electron chi connectivity index (χ4n) is 1.79. The predicted octanol–water partition coefficient (Wildman–Crippen LogP) is 3.13. The van der Waals surface area contributed by atoms with E-state index in [1.165, 1.54) is 0 Å². The molecule has 0 spiro atoms. The number of anilines is 1. The lowest BCUT2D eigenvalue weighted by Gasteiger charge is -2.12. The highest BCUT2D eigenvalue weighted by molar-refractivity contribution is 14.1. The van der Waals surface area contributed by atoms with Crippen molar-refractivity contribution in [3.05, 3.63) is 21.7 Å². The summed E-state index contributed by atoms with van der Waals surface area (Å²) in [6.45, 7) is 7.19. The number of halogens is 1. The Hall–Kier alpha value is -1.18. The summed E-state index contributed by atoms with van der Waals surface area (Å²) < 4.78 is 2.96. The molecule has 0 atom stereocenters. The third kappa shape index (κ3) is 2.88. The molecule has 0 aliphatic heterocycles. The van der Waals surface area contributed by atoms with Crippen molar-refractivity contribution in [3.8, 4) is 11.4 Å². The van der Waals surface area contributed by atoms with Gasteiger partial charge >= 0.3 is 0 Å². The summed E-state index contributed by atoms with van der Waals surface area (Å²) in [7, 11) is 1.88. The lowest BCUT2D eigenvalue weighted by molar-refractivity contribution is 0.660. The second-order valence-electron chi connectivity index (χ2n) is 4.58. The zero-order valence-electron chi connectivity index (χ0n) is 11.6. The van der Waals surface area contributed by atoms with Gasteiger partial charge in [0.25, 0.3) is 0 Å². The van der Waals surface area contributed by atoms with Gasteiger partial charge in [0.2, 0.25) is 0 Å². The molecule has 0 aliphatic carbocycles. The minimum Gasteiger partial charge on any atom is -0.372 e. The van der Waals surface area contributed by atoms with Crippen LogP contribution in [0, 0.1) is 3.57 Å². The lowest BCUT2D eigenvalue weighted by atomic mass is 10.1. The van der Waals surface area contributed by atoms with E-state index in [0.717, 1.165) is 33.0 Å². The Balaban J connectivity index is 2.54. The van der Waals surface area contributed by atoms with Gasteiger partial charge in [-0.05, 0) is 35.4 Å². The Kier molecular flexibility index (Phi) is 4.38. The van der Waals surface area contributed by atoms with E-state index in [-0.39, 0.29) is 0 Å². The number of hydrogen-bond donors (Lipinski definition) is 1. The van der Waals surface area contributed by atoms with Gasteiger partial charge in [-0.1, -0.05) is 13.8 Å². The second kappa shape index (κ2) is 5.85. The summed E-state index contributed by atoms with van der Waals surface area (Å²) >= 11 is 2.30. The van der Waals surface area contributed by atoms with E-state index < -0.39 is 0 Å². The standard InChI is InChI=1S/C13H18IN5/c1-5-19-7-9(6-16-19)12-17-11(8(2)3)10(14)13(15-4)18-12/h6-8H,5H2,1-4H3,(H,15,17,18). The Labute approximate surface area is 127 Å². The SMILES string of the molecule is CCn1cc(-c2nc(NC)c(I)c(C(C)C)n2)cn1. The Morgan fingerprint density at radius 1 is 1.37 bits per heavy atom. The van der Waals surface area contributed by atoms with Crippen LogP contribution in [0.3, 0.4) is 0 Å². The maximum Gasteiger partial charge on any atom is 0.165 e. The number of rotatable bonds is 4. The maximum absolute atomic E-state index is 4.69. The highest BCUT2D eigenvalue weighted by Crippen LogP contribution is 2.27. The predicted molar refractivity (Wildman–Crippen MR) is 85.3 cm³/mol. The van der Waals surface area contributed by atoms with Crippen LogP contribution in [-0.2, 0) is 6.54 Å². The second-order valence-corrected chi connectivity index (χ2v) is 5.66. The largest absolute Gasteiger partial charge is 0.372 e. The monoisotopic (exact) mass is 371 g/mol. The van der Waals surface area contributed by atoms with Gasteiger partial charge in [0, 0.05) is 19.8 Å². The van der Waals surface area contributed by atoms with Crippen molar-refractivity contribution in [2.45, 2.75) is 33.2 Å². The van der Waals surface area contributed by atoms with Crippen molar-refractivity contribution in [2.75, 3.05) is 12.4 Å². The zero-order chi connectivity index (χ0) is 14.0. The van der Waals surface area contributed by atoms with Crippen LogP contribution < -0.4 is 5.32 Å². The fourth-order valence-corrected chi connectivity index (χ4v) is 2.93. The summed E-state index contributed by atoms with van der Waals surface area (Å²) in [6, 6.07) is 0. The maximum atomic E-state index is 4.69. The summed E-state index contributed by atoms with van der Waals surface area (Å²) in [4.78, 5) is 9.25. The van der Waals surface area contributed by atoms with Gasteiger partial charge in [0.05, 0.1) is 21.0 Å². The normalized spacial score (nSPS) is 11.1. The van der Waals surface area contributed by atoms with Gasteiger partial charge in [-0.3, -0.25) is 4.68 Å². The van der Waals surface area contributed by atoms with Gasteiger partial charge in [-0.15, -0.1) is 0 Å². The van der Waals surface area contributed by atoms with Crippen LogP contribution in [0.25, 0.3) is 11.4 Å². The number of nitrogens with one attached hydrogen (secondary N) is 1. The molecule has 102 valence electrons. The van der Waals surface area contributed by atoms with E-state index in [2.05, 4.69) is 63.7 Å². The molecule has 0 saturated heterocycles. The topological polar surface area (TPSA) is 55.6 Å². The van der Waals surface area contributed by atoms with E-state index >= 15 is 0 Å². The molecule has 2 heterocycles. The summed E-state index contributed by atoms with van der Waals surface area (Å²) in [6.07, 6.45) is 3.79.